The molecular formula is C17H14Cl2N2O3S2. The predicted molar refractivity (Wildman–Crippen MR) is 106 cm³/mol. The molecule has 0 aliphatic rings. The van der Waals surface area contributed by atoms with Crippen LogP contribution in [-0.2, 0) is 21.1 Å². The average Bonchev–Trinajstić information content (AvgIpc) is 3.03. The van der Waals surface area contributed by atoms with E-state index >= 15 is 0 Å². The topological polar surface area (TPSA) is 76.1 Å². The normalized spacial score (nSPS) is 11.7. The fourth-order valence-corrected chi connectivity index (χ4v) is 4.65. The van der Waals surface area contributed by atoms with Gasteiger partial charge in [0.25, 0.3) is 0 Å². The third-order valence-electron chi connectivity index (χ3n) is 3.72. The third-order valence-corrected chi connectivity index (χ3v) is 7.21. The summed E-state index contributed by atoms with van der Waals surface area (Å²) in [6, 6.07) is 9.63. The number of benzene rings is 2. The molecule has 2 aromatic carbocycles. The lowest BCUT2D eigenvalue weighted by molar-refractivity contribution is -0.115. The van der Waals surface area contributed by atoms with E-state index in [9.17, 15) is 13.2 Å². The van der Waals surface area contributed by atoms with E-state index in [1.807, 2.05) is 0 Å². The van der Waals surface area contributed by atoms with E-state index in [-0.39, 0.29) is 23.0 Å². The second-order valence-electron chi connectivity index (χ2n) is 5.50. The zero-order chi connectivity index (χ0) is 18.9. The van der Waals surface area contributed by atoms with Crippen molar-refractivity contribution in [2.45, 2.75) is 18.2 Å². The monoisotopic (exact) mass is 428 g/mol. The molecule has 0 bridgehead atoms. The van der Waals surface area contributed by atoms with Gasteiger partial charge in [0, 0.05) is 0 Å². The molecule has 1 N–H and O–H groups in total. The van der Waals surface area contributed by atoms with E-state index < -0.39 is 9.84 Å². The Hall–Kier alpha value is -1.67. The number of hydrogen-bond donors (Lipinski definition) is 1. The maximum absolute atomic E-state index is 12.2. The summed E-state index contributed by atoms with van der Waals surface area (Å²) in [6.45, 7) is 1.59. The summed E-state index contributed by atoms with van der Waals surface area (Å²) in [5.74, 6) is -0.224. The molecule has 0 aliphatic heterocycles. The van der Waals surface area contributed by atoms with Crippen LogP contribution in [0.2, 0.25) is 10.0 Å². The molecule has 1 heterocycles. The first-order valence-corrected chi connectivity index (χ1v) is 10.9. The first-order chi connectivity index (χ1) is 12.3. The number of amides is 1. The molecule has 0 spiro atoms. The number of thiazole rings is 1. The molecule has 0 radical (unpaired) electrons. The quantitative estimate of drug-likeness (QED) is 0.644. The number of nitrogens with zero attached hydrogens (tertiary/aromatic N) is 1. The minimum Gasteiger partial charge on any atom is -0.302 e. The number of nitrogens with one attached hydrogen (secondary N) is 1. The van der Waals surface area contributed by atoms with Gasteiger partial charge in [0.2, 0.25) is 5.91 Å². The van der Waals surface area contributed by atoms with Crippen LogP contribution >= 0.6 is 34.5 Å². The number of sulfone groups is 1. The minimum atomic E-state index is -3.25. The van der Waals surface area contributed by atoms with E-state index in [1.54, 1.807) is 31.2 Å². The van der Waals surface area contributed by atoms with Crippen molar-refractivity contribution in [3.05, 3.63) is 52.0 Å². The van der Waals surface area contributed by atoms with E-state index in [4.69, 9.17) is 23.2 Å². The molecule has 0 fully saturated rings. The van der Waals surface area contributed by atoms with Crippen LogP contribution in [0.1, 0.15) is 12.5 Å². The van der Waals surface area contributed by atoms with Crippen molar-refractivity contribution >= 4 is 65.6 Å². The molecule has 0 atom stereocenters. The van der Waals surface area contributed by atoms with Crippen molar-refractivity contribution in [2.24, 2.45) is 0 Å². The number of rotatable bonds is 5. The number of carbonyl (C=O) groups is 1. The van der Waals surface area contributed by atoms with Crippen molar-refractivity contribution in [2.75, 3.05) is 11.1 Å². The number of aromatic nitrogens is 1. The molecule has 26 heavy (non-hydrogen) atoms. The molecule has 3 rings (SSSR count). The van der Waals surface area contributed by atoms with Gasteiger partial charge in [-0.15, -0.1) is 0 Å². The van der Waals surface area contributed by atoms with Crippen molar-refractivity contribution in [1.82, 2.24) is 4.98 Å². The fraction of sp³-hybridized carbons (Fsp3) is 0.176. The number of hydrogen-bond acceptors (Lipinski definition) is 5. The van der Waals surface area contributed by atoms with Crippen molar-refractivity contribution in [3.63, 3.8) is 0 Å². The van der Waals surface area contributed by atoms with Gasteiger partial charge < -0.3 is 5.32 Å². The van der Waals surface area contributed by atoms with E-state index in [1.165, 1.54) is 23.5 Å². The summed E-state index contributed by atoms with van der Waals surface area (Å²) in [5.41, 5.74) is 1.25. The molecule has 1 amide bonds. The Morgan fingerprint density at radius 2 is 1.77 bits per heavy atom. The van der Waals surface area contributed by atoms with Gasteiger partial charge in [0.15, 0.2) is 15.0 Å². The maximum Gasteiger partial charge on any atom is 0.230 e. The van der Waals surface area contributed by atoms with E-state index in [2.05, 4.69) is 10.3 Å². The number of halogens is 2. The highest BCUT2D eigenvalue weighted by Gasteiger charge is 2.14. The lowest BCUT2D eigenvalue weighted by Gasteiger charge is -2.04. The van der Waals surface area contributed by atoms with Gasteiger partial charge >= 0.3 is 0 Å². The number of fused-ring (bicyclic) bond motifs is 1. The predicted octanol–water partition coefficient (Wildman–Crippen LogP) is 4.58. The largest absolute Gasteiger partial charge is 0.302 e. The highest BCUT2D eigenvalue weighted by Crippen LogP contribution is 2.36. The Morgan fingerprint density at radius 1 is 1.12 bits per heavy atom. The van der Waals surface area contributed by atoms with Crippen LogP contribution < -0.4 is 5.32 Å². The molecule has 9 heteroatoms. The highest BCUT2D eigenvalue weighted by atomic mass is 35.5. The van der Waals surface area contributed by atoms with Crippen LogP contribution in [0.15, 0.2) is 41.3 Å². The first kappa shape index (κ1) is 19.1. The summed E-state index contributed by atoms with van der Waals surface area (Å²) in [6.07, 6.45) is 0.101. The molecule has 5 nitrogen and oxygen atoms in total. The van der Waals surface area contributed by atoms with Crippen LogP contribution in [0.3, 0.4) is 0 Å². The van der Waals surface area contributed by atoms with Gasteiger partial charge in [-0.1, -0.05) is 53.6 Å². The summed E-state index contributed by atoms with van der Waals surface area (Å²) in [5, 5.41) is 4.12. The van der Waals surface area contributed by atoms with Crippen LogP contribution in [0, 0.1) is 0 Å². The molecule has 0 saturated heterocycles. The number of anilines is 1. The molecule has 0 unspecified atom stereocenters. The van der Waals surface area contributed by atoms with E-state index in [0.29, 0.717) is 31.0 Å². The molecule has 0 saturated carbocycles. The minimum absolute atomic E-state index is 0.0373. The Kier molecular flexibility index (Phi) is 5.53. The first-order valence-electron chi connectivity index (χ1n) is 7.66. The zero-order valence-electron chi connectivity index (χ0n) is 13.6. The van der Waals surface area contributed by atoms with Crippen molar-refractivity contribution in [3.8, 4) is 0 Å². The van der Waals surface area contributed by atoms with E-state index in [0.717, 1.165) is 0 Å². The van der Waals surface area contributed by atoms with Gasteiger partial charge in [-0.25, -0.2) is 13.4 Å². The summed E-state index contributed by atoms with van der Waals surface area (Å²) in [7, 11) is -3.25. The summed E-state index contributed by atoms with van der Waals surface area (Å²) < 4.78 is 24.3. The van der Waals surface area contributed by atoms with Crippen molar-refractivity contribution < 1.29 is 13.2 Å². The fourth-order valence-electron chi connectivity index (χ4n) is 2.33. The van der Waals surface area contributed by atoms with Crippen LogP contribution in [0.25, 0.3) is 10.2 Å². The molecule has 1 aromatic heterocycles. The Balaban J connectivity index is 1.73. The average molecular weight is 429 g/mol. The summed E-state index contributed by atoms with van der Waals surface area (Å²) in [4.78, 5) is 16.8. The Labute approximate surface area is 164 Å². The molecule has 3 aromatic rings. The van der Waals surface area contributed by atoms with Gasteiger partial charge in [-0.05, 0) is 29.8 Å². The van der Waals surface area contributed by atoms with Crippen LogP contribution in [0.4, 0.5) is 5.13 Å². The SMILES string of the molecule is CCS(=O)(=O)c1ccc(CC(=O)Nc2nc3c(Cl)ccc(Cl)c3s2)cc1. The van der Waals surface area contributed by atoms with Crippen LogP contribution in [0.5, 0.6) is 0 Å². The standard InChI is InChI=1S/C17H14Cl2N2O3S2/c1-2-26(23,24)11-5-3-10(4-6-11)9-14(22)20-17-21-15-12(18)7-8-13(19)16(15)25-17/h3-8H,2,9H2,1H3,(H,20,21,22). The van der Waals surface area contributed by atoms with Crippen LogP contribution in [-0.4, -0.2) is 25.1 Å². The molecular weight excluding hydrogens is 415 g/mol. The van der Waals surface area contributed by atoms with Gasteiger partial charge in [0.1, 0.15) is 5.52 Å². The van der Waals surface area contributed by atoms with Gasteiger partial charge in [-0.3, -0.25) is 4.79 Å². The maximum atomic E-state index is 12.2. The lowest BCUT2D eigenvalue weighted by Crippen LogP contribution is -2.14. The lowest BCUT2D eigenvalue weighted by atomic mass is 10.1. The Morgan fingerprint density at radius 3 is 2.38 bits per heavy atom. The van der Waals surface area contributed by atoms with Gasteiger partial charge in [-0.2, -0.15) is 0 Å². The summed E-state index contributed by atoms with van der Waals surface area (Å²) >= 11 is 13.5. The second kappa shape index (κ2) is 7.52. The Bertz CT molecular complexity index is 1040. The molecule has 0 aliphatic carbocycles. The second-order valence-corrected chi connectivity index (χ2v) is 9.59. The van der Waals surface area contributed by atoms with Gasteiger partial charge in [0.05, 0.1) is 31.8 Å². The zero-order valence-corrected chi connectivity index (χ0v) is 16.8. The molecule has 136 valence electrons. The third kappa shape index (κ3) is 4.01. The smallest absolute Gasteiger partial charge is 0.230 e. The highest BCUT2D eigenvalue weighted by molar-refractivity contribution is 7.91. The van der Waals surface area contributed by atoms with Crippen molar-refractivity contribution in [1.29, 1.82) is 0 Å². The number of carbonyl (C=O) groups excluding carboxylic acids is 1.